The molecule has 1 heteroatoms. The molecule has 0 amide bonds. The van der Waals surface area contributed by atoms with E-state index >= 15 is 0 Å². The van der Waals surface area contributed by atoms with Crippen molar-refractivity contribution < 1.29 is 0 Å². The molecule has 59 heavy (non-hydrogen) atoms. The lowest BCUT2D eigenvalue weighted by molar-refractivity contribution is 1.19. The van der Waals surface area contributed by atoms with E-state index in [0.717, 1.165) is 5.69 Å². The molecule has 1 heterocycles. The summed E-state index contributed by atoms with van der Waals surface area (Å²) in [7, 11) is 0. The Labute approximate surface area is 342 Å². The summed E-state index contributed by atoms with van der Waals surface area (Å²) in [5.41, 5.74) is 13.4. The zero-order valence-corrected chi connectivity index (χ0v) is 32.3. The van der Waals surface area contributed by atoms with Gasteiger partial charge in [0.25, 0.3) is 0 Å². The maximum absolute atomic E-state index is 2.44. The lowest BCUT2D eigenvalue weighted by atomic mass is 9.85. The maximum atomic E-state index is 2.44. The molecule has 0 bridgehead atoms. The molecule has 0 fully saturated rings. The molecule has 0 radical (unpaired) electrons. The fourth-order valence-electron chi connectivity index (χ4n) is 9.72. The molecule has 0 aliphatic heterocycles. The number of aromatic nitrogens is 1. The van der Waals surface area contributed by atoms with Gasteiger partial charge in [-0.3, -0.25) is 0 Å². The third-order valence-electron chi connectivity index (χ3n) is 12.4. The minimum absolute atomic E-state index is 1.15. The maximum Gasteiger partial charge on any atom is 0.0541 e. The molecule has 0 aliphatic carbocycles. The van der Waals surface area contributed by atoms with Crippen LogP contribution in [-0.4, -0.2) is 4.57 Å². The van der Waals surface area contributed by atoms with Crippen molar-refractivity contribution in [3.8, 4) is 50.2 Å². The molecule has 0 N–H and O–H groups in total. The van der Waals surface area contributed by atoms with E-state index in [4.69, 9.17) is 0 Å². The van der Waals surface area contributed by atoms with E-state index < -0.39 is 0 Å². The van der Waals surface area contributed by atoms with Crippen LogP contribution in [0.1, 0.15) is 0 Å². The monoisotopic (exact) mass is 747 g/mol. The Morgan fingerprint density at radius 3 is 1.12 bits per heavy atom. The van der Waals surface area contributed by atoms with Gasteiger partial charge in [0, 0.05) is 16.5 Å². The molecular formula is C58H37N. The zero-order chi connectivity index (χ0) is 38.9. The van der Waals surface area contributed by atoms with Crippen LogP contribution < -0.4 is 0 Å². The summed E-state index contributed by atoms with van der Waals surface area (Å²) < 4.78 is 2.44. The Morgan fingerprint density at radius 2 is 0.610 bits per heavy atom. The fourth-order valence-corrected chi connectivity index (χ4v) is 9.72. The molecule has 0 aliphatic rings. The van der Waals surface area contributed by atoms with Crippen molar-refractivity contribution in [2.45, 2.75) is 0 Å². The van der Waals surface area contributed by atoms with Crippen molar-refractivity contribution in [2.24, 2.45) is 0 Å². The molecule has 0 atom stereocenters. The Bertz CT molecular complexity index is 3520. The van der Waals surface area contributed by atoms with Crippen LogP contribution in [0.15, 0.2) is 224 Å². The largest absolute Gasteiger partial charge is 0.309 e. The van der Waals surface area contributed by atoms with E-state index in [-0.39, 0.29) is 0 Å². The number of benzene rings is 11. The fraction of sp³-hybridized carbons (Fsp3) is 0. The molecule has 274 valence electrons. The number of rotatable bonds is 5. The number of para-hydroxylation sites is 2. The highest BCUT2D eigenvalue weighted by Crippen LogP contribution is 2.46. The van der Waals surface area contributed by atoms with E-state index in [9.17, 15) is 0 Å². The third kappa shape index (κ3) is 5.33. The van der Waals surface area contributed by atoms with Crippen LogP contribution in [0.5, 0.6) is 0 Å². The second-order valence-corrected chi connectivity index (χ2v) is 15.6. The summed E-state index contributed by atoms with van der Waals surface area (Å²) in [5.74, 6) is 0. The van der Waals surface area contributed by atoms with Crippen LogP contribution in [0, 0.1) is 0 Å². The molecule has 12 aromatic rings. The summed E-state index contributed by atoms with van der Waals surface area (Å²) in [4.78, 5) is 0. The summed E-state index contributed by atoms with van der Waals surface area (Å²) in [5, 5.41) is 12.5. The van der Waals surface area contributed by atoms with Gasteiger partial charge < -0.3 is 4.57 Å². The van der Waals surface area contributed by atoms with Gasteiger partial charge in [0.05, 0.1) is 11.0 Å². The average Bonchev–Trinajstić information content (AvgIpc) is 3.65. The average molecular weight is 748 g/mol. The number of hydrogen-bond donors (Lipinski definition) is 0. The molecule has 0 saturated heterocycles. The van der Waals surface area contributed by atoms with Crippen molar-refractivity contribution in [3.05, 3.63) is 224 Å². The number of hydrogen-bond acceptors (Lipinski definition) is 0. The topological polar surface area (TPSA) is 4.93 Å². The van der Waals surface area contributed by atoms with Crippen LogP contribution in [0.3, 0.4) is 0 Å². The Kier molecular flexibility index (Phi) is 7.61. The molecule has 12 rings (SSSR count). The van der Waals surface area contributed by atoms with E-state index in [2.05, 4.69) is 229 Å². The van der Waals surface area contributed by atoms with E-state index in [1.807, 2.05) is 0 Å². The van der Waals surface area contributed by atoms with Crippen LogP contribution in [0.4, 0.5) is 0 Å². The highest BCUT2D eigenvalue weighted by Gasteiger charge is 2.20. The highest BCUT2D eigenvalue weighted by molar-refractivity contribution is 6.22. The van der Waals surface area contributed by atoms with Crippen LogP contribution in [-0.2, 0) is 0 Å². The SMILES string of the molecule is c1ccc2c(-c3ccc(-c4c5ccccc5c(-c5ccc(-c6cccc7ccccc67)cc5)c5cc(-n6c7ccccc7c7ccccc76)ccc45)cc3)cccc2c1. The smallest absolute Gasteiger partial charge is 0.0541 e. The van der Waals surface area contributed by atoms with Crippen LogP contribution >= 0.6 is 0 Å². The number of nitrogens with zero attached hydrogens (tertiary/aromatic N) is 1. The minimum Gasteiger partial charge on any atom is -0.309 e. The van der Waals surface area contributed by atoms with Gasteiger partial charge in [-0.25, -0.2) is 0 Å². The predicted molar refractivity (Wildman–Crippen MR) is 253 cm³/mol. The second-order valence-electron chi connectivity index (χ2n) is 15.6. The number of fused-ring (bicyclic) bond motifs is 7. The summed E-state index contributed by atoms with van der Waals surface area (Å²) >= 11 is 0. The van der Waals surface area contributed by atoms with Gasteiger partial charge in [-0.05, 0) is 112 Å². The lowest BCUT2D eigenvalue weighted by Gasteiger charge is -2.20. The molecule has 0 spiro atoms. The summed E-state index contributed by atoms with van der Waals surface area (Å²) in [6.07, 6.45) is 0. The van der Waals surface area contributed by atoms with Crippen LogP contribution in [0.2, 0.25) is 0 Å². The Hall–Kier alpha value is -7.74. The minimum atomic E-state index is 1.15. The Morgan fingerprint density at radius 1 is 0.237 bits per heavy atom. The Balaban J connectivity index is 1.11. The van der Waals surface area contributed by atoms with E-state index in [1.165, 1.54) is 109 Å². The van der Waals surface area contributed by atoms with Gasteiger partial charge >= 0.3 is 0 Å². The highest BCUT2D eigenvalue weighted by atomic mass is 15.0. The second kappa shape index (κ2) is 13.4. The quantitative estimate of drug-likeness (QED) is 0.155. The first-order valence-corrected chi connectivity index (χ1v) is 20.4. The van der Waals surface area contributed by atoms with E-state index in [1.54, 1.807) is 0 Å². The van der Waals surface area contributed by atoms with Gasteiger partial charge in [0.1, 0.15) is 0 Å². The standard InChI is InChI=1S/C58H37N/c1-3-17-45-38(13-1)15-11-23-47(45)40-27-31-42(32-28-40)57-51-21-5-6-22-52(51)58(43-33-29-41(30-34-43)48-24-12-16-39-14-2-4-18-46(39)48)54-37-44(35-36-53(54)57)59-55-25-9-7-19-49(55)50-20-8-10-26-56(50)59/h1-37H. The first-order valence-electron chi connectivity index (χ1n) is 20.4. The van der Waals surface area contributed by atoms with Gasteiger partial charge in [-0.1, -0.05) is 200 Å². The third-order valence-corrected chi connectivity index (χ3v) is 12.4. The van der Waals surface area contributed by atoms with Crippen molar-refractivity contribution in [1.82, 2.24) is 4.57 Å². The lowest BCUT2D eigenvalue weighted by Crippen LogP contribution is -1.96. The first kappa shape index (κ1) is 33.4. The zero-order valence-electron chi connectivity index (χ0n) is 32.3. The summed E-state index contributed by atoms with van der Waals surface area (Å²) in [6, 6.07) is 82.6. The molecule has 0 saturated carbocycles. The first-order chi connectivity index (χ1) is 29.3. The molecular weight excluding hydrogens is 711 g/mol. The van der Waals surface area contributed by atoms with Crippen molar-refractivity contribution in [2.75, 3.05) is 0 Å². The predicted octanol–water partition coefficient (Wildman–Crippen LogP) is 16.1. The van der Waals surface area contributed by atoms with E-state index in [0.29, 0.717) is 0 Å². The van der Waals surface area contributed by atoms with Crippen molar-refractivity contribution in [3.63, 3.8) is 0 Å². The van der Waals surface area contributed by atoms with Crippen LogP contribution in [0.25, 0.3) is 115 Å². The molecule has 1 aromatic heterocycles. The van der Waals surface area contributed by atoms with Gasteiger partial charge in [0.15, 0.2) is 0 Å². The van der Waals surface area contributed by atoms with Gasteiger partial charge in [-0.15, -0.1) is 0 Å². The van der Waals surface area contributed by atoms with Crippen molar-refractivity contribution >= 4 is 64.9 Å². The molecule has 0 unspecified atom stereocenters. The normalized spacial score (nSPS) is 11.7. The molecule has 11 aromatic carbocycles. The van der Waals surface area contributed by atoms with Gasteiger partial charge in [0.2, 0.25) is 0 Å². The summed E-state index contributed by atoms with van der Waals surface area (Å²) in [6.45, 7) is 0. The van der Waals surface area contributed by atoms with Crippen molar-refractivity contribution in [1.29, 1.82) is 0 Å². The molecule has 1 nitrogen and oxygen atoms in total. The van der Waals surface area contributed by atoms with Gasteiger partial charge in [-0.2, -0.15) is 0 Å².